The molecule has 2 atom stereocenters. The number of hydrogen-bond donors (Lipinski definition) is 1. The molecule has 23 heavy (non-hydrogen) atoms. The van der Waals surface area contributed by atoms with E-state index in [1.165, 1.54) is 22.3 Å². The fourth-order valence-electron chi connectivity index (χ4n) is 3.62. The molecule has 3 heteroatoms. The van der Waals surface area contributed by atoms with Crippen molar-refractivity contribution in [3.05, 3.63) is 78.0 Å². The summed E-state index contributed by atoms with van der Waals surface area (Å²) in [6.07, 6.45) is 5.22. The highest BCUT2D eigenvalue weighted by Gasteiger charge is 2.33. The van der Waals surface area contributed by atoms with Gasteiger partial charge in [0, 0.05) is 6.61 Å². The lowest BCUT2D eigenvalue weighted by atomic mass is 9.74. The van der Waals surface area contributed by atoms with Gasteiger partial charge < -0.3 is 9.52 Å². The number of hydrogen-bond acceptors (Lipinski definition) is 3. The Hall–Kier alpha value is -2.39. The molecule has 2 aromatic carbocycles. The Morgan fingerprint density at radius 3 is 2.70 bits per heavy atom. The summed E-state index contributed by atoms with van der Waals surface area (Å²) in [4.78, 5) is 4.34. The van der Waals surface area contributed by atoms with Crippen LogP contribution in [0.25, 0.3) is 11.1 Å². The normalized spacial score (nSPS) is 20.2. The molecule has 1 N–H and O–H groups in total. The van der Waals surface area contributed by atoms with Crippen molar-refractivity contribution in [3.8, 4) is 11.1 Å². The first-order valence-electron chi connectivity index (χ1n) is 8.05. The topological polar surface area (TPSA) is 46.3 Å². The van der Waals surface area contributed by atoms with E-state index in [1.54, 1.807) is 12.5 Å². The van der Waals surface area contributed by atoms with Gasteiger partial charge in [-0.1, -0.05) is 48.5 Å². The van der Waals surface area contributed by atoms with E-state index >= 15 is 0 Å². The molecule has 0 bridgehead atoms. The largest absolute Gasteiger partial charge is 0.448 e. The van der Waals surface area contributed by atoms with E-state index < -0.39 is 0 Å². The average Bonchev–Trinajstić information content (AvgIpc) is 3.15. The Morgan fingerprint density at radius 2 is 1.96 bits per heavy atom. The Labute approximate surface area is 135 Å². The molecule has 0 saturated carbocycles. The summed E-state index contributed by atoms with van der Waals surface area (Å²) in [5.74, 6) is 0.921. The molecule has 0 amide bonds. The van der Waals surface area contributed by atoms with Gasteiger partial charge in [-0.3, -0.25) is 0 Å². The maximum atomic E-state index is 9.75. The van der Waals surface area contributed by atoms with E-state index in [0.717, 1.165) is 12.8 Å². The van der Waals surface area contributed by atoms with E-state index in [2.05, 4.69) is 47.4 Å². The number of nitrogens with zero attached hydrogens (tertiary/aromatic N) is 1. The summed E-state index contributed by atoms with van der Waals surface area (Å²) in [5, 5.41) is 9.75. The molecule has 0 fully saturated rings. The highest BCUT2D eigenvalue weighted by Crippen LogP contribution is 2.41. The molecule has 0 radical (unpaired) electrons. The minimum atomic E-state index is 0.0450. The van der Waals surface area contributed by atoms with E-state index in [0.29, 0.717) is 5.89 Å². The Kier molecular flexibility index (Phi) is 3.72. The molecule has 3 nitrogen and oxygen atoms in total. The highest BCUT2D eigenvalue weighted by molar-refractivity contribution is 5.65. The number of fused-ring (bicyclic) bond motifs is 1. The molecule has 4 rings (SSSR count). The zero-order valence-electron chi connectivity index (χ0n) is 12.9. The molecule has 3 aromatic rings. The molecule has 1 aliphatic rings. The number of aliphatic hydroxyl groups excluding tert-OH is 1. The minimum Gasteiger partial charge on any atom is -0.448 e. The predicted molar refractivity (Wildman–Crippen MR) is 89.1 cm³/mol. The lowest BCUT2D eigenvalue weighted by Gasteiger charge is -2.31. The van der Waals surface area contributed by atoms with Gasteiger partial charge in [-0.25, -0.2) is 4.98 Å². The zero-order chi connectivity index (χ0) is 15.6. The van der Waals surface area contributed by atoms with Gasteiger partial charge in [0.25, 0.3) is 0 Å². The molecule has 0 spiro atoms. The van der Waals surface area contributed by atoms with Crippen LogP contribution in [0.4, 0.5) is 0 Å². The van der Waals surface area contributed by atoms with E-state index in [-0.39, 0.29) is 18.4 Å². The van der Waals surface area contributed by atoms with E-state index in [4.69, 9.17) is 4.42 Å². The first kappa shape index (κ1) is 14.2. The number of aryl methyl sites for hydroxylation is 1. The van der Waals surface area contributed by atoms with Crippen LogP contribution in [0.1, 0.15) is 29.4 Å². The fourth-order valence-corrected chi connectivity index (χ4v) is 3.62. The molecule has 1 aliphatic carbocycles. The van der Waals surface area contributed by atoms with Crippen LogP contribution >= 0.6 is 0 Å². The van der Waals surface area contributed by atoms with Crippen LogP contribution in [-0.2, 0) is 6.42 Å². The number of oxazole rings is 1. The zero-order valence-corrected chi connectivity index (χ0v) is 12.9. The first-order valence-corrected chi connectivity index (χ1v) is 8.05. The Balaban J connectivity index is 1.78. The number of aliphatic hydroxyl groups is 1. The summed E-state index contributed by atoms with van der Waals surface area (Å²) in [7, 11) is 0. The average molecular weight is 305 g/mol. The quantitative estimate of drug-likeness (QED) is 0.794. The molecular weight excluding hydrogens is 286 g/mol. The van der Waals surface area contributed by atoms with Crippen LogP contribution in [0, 0.1) is 5.92 Å². The van der Waals surface area contributed by atoms with Crippen molar-refractivity contribution in [1.82, 2.24) is 4.98 Å². The second kappa shape index (κ2) is 6.01. The van der Waals surface area contributed by atoms with Crippen LogP contribution in [-0.4, -0.2) is 16.7 Å². The SMILES string of the molecule is OCC1CCc2cc(-c3ccccc3)ccc2C1c1ncco1. The summed E-state index contributed by atoms with van der Waals surface area (Å²) in [6, 6.07) is 17.0. The van der Waals surface area contributed by atoms with E-state index in [1.807, 2.05) is 6.07 Å². The van der Waals surface area contributed by atoms with Crippen molar-refractivity contribution in [2.45, 2.75) is 18.8 Å². The summed E-state index contributed by atoms with van der Waals surface area (Å²) in [5.41, 5.74) is 5.03. The number of rotatable bonds is 3. The van der Waals surface area contributed by atoms with Gasteiger partial charge >= 0.3 is 0 Å². The number of benzene rings is 2. The minimum absolute atomic E-state index is 0.0450. The van der Waals surface area contributed by atoms with Crippen LogP contribution < -0.4 is 0 Å². The van der Waals surface area contributed by atoms with Gasteiger partial charge in [-0.05, 0) is 41.0 Å². The van der Waals surface area contributed by atoms with Crippen molar-refractivity contribution >= 4 is 0 Å². The standard InChI is InChI=1S/C20H19NO2/c22-13-17-7-6-16-12-15(14-4-2-1-3-5-14)8-9-18(16)19(17)20-21-10-11-23-20/h1-5,8-12,17,19,22H,6-7,13H2. The van der Waals surface area contributed by atoms with Crippen LogP contribution in [0.15, 0.2) is 65.4 Å². The van der Waals surface area contributed by atoms with Crippen LogP contribution in [0.2, 0.25) is 0 Å². The predicted octanol–water partition coefficient (Wildman–Crippen LogP) is 4.03. The van der Waals surface area contributed by atoms with Gasteiger partial charge in [0.05, 0.1) is 12.1 Å². The molecule has 116 valence electrons. The third-order valence-electron chi connectivity index (χ3n) is 4.79. The number of aromatic nitrogens is 1. The third kappa shape index (κ3) is 2.57. The summed E-state index contributed by atoms with van der Waals surface area (Å²) >= 11 is 0. The molecule has 1 heterocycles. The smallest absolute Gasteiger partial charge is 0.201 e. The molecule has 0 saturated heterocycles. The van der Waals surface area contributed by atoms with Crippen molar-refractivity contribution in [1.29, 1.82) is 0 Å². The van der Waals surface area contributed by atoms with E-state index in [9.17, 15) is 5.11 Å². The molecule has 1 aromatic heterocycles. The highest BCUT2D eigenvalue weighted by atomic mass is 16.3. The van der Waals surface area contributed by atoms with Gasteiger partial charge in [0.15, 0.2) is 0 Å². The van der Waals surface area contributed by atoms with Crippen molar-refractivity contribution in [2.75, 3.05) is 6.61 Å². The first-order chi connectivity index (χ1) is 11.4. The summed E-state index contributed by atoms with van der Waals surface area (Å²) in [6.45, 7) is 0.160. The summed E-state index contributed by atoms with van der Waals surface area (Å²) < 4.78 is 5.55. The maximum absolute atomic E-state index is 9.75. The Morgan fingerprint density at radius 1 is 1.09 bits per heavy atom. The molecular formula is C20H19NO2. The monoisotopic (exact) mass is 305 g/mol. The van der Waals surface area contributed by atoms with Gasteiger partial charge in [-0.15, -0.1) is 0 Å². The van der Waals surface area contributed by atoms with Crippen LogP contribution in [0.3, 0.4) is 0 Å². The van der Waals surface area contributed by atoms with Crippen molar-refractivity contribution in [2.24, 2.45) is 5.92 Å². The lowest BCUT2D eigenvalue weighted by Crippen LogP contribution is -2.24. The molecule has 0 aliphatic heterocycles. The van der Waals surface area contributed by atoms with Crippen LogP contribution in [0.5, 0.6) is 0 Å². The van der Waals surface area contributed by atoms with Gasteiger partial charge in [0.2, 0.25) is 5.89 Å². The van der Waals surface area contributed by atoms with Crippen molar-refractivity contribution < 1.29 is 9.52 Å². The Bertz CT molecular complexity index is 781. The maximum Gasteiger partial charge on any atom is 0.201 e. The lowest BCUT2D eigenvalue weighted by molar-refractivity contribution is 0.189. The van der Waals surface area contributed by atoms with Gasteiger partial charge in [-0.2, -0.15) is 0 Å². The third-order valence-corrected chi connectivity index (χ3v) is 4.79. The van der Waals surface area contributed by atoms with Gasteiger partial charge in [0.1, 0.15) is 6.26 Å². The second-order valence-electron chi connectivity index (χ2n) is 6.11. The fraction of sp³-hybridized carbons (Fsp3) is 0.250. The molecule has 2 unspecified atom stereocenters. The second-order valence-corrected chi connectivity index (χ2v) is 6.11. The van der Waals surface area contributed by atoms with Crippen molar-refractivity contribution in [3.63, 3.8) is 0 Å².